The van der Waals surface area contributed by atoms with Crippen molar-refractivity contribution in [1.82, 2.24) is 9.55 Å². The van der Waals surface area contributed by atoms with Crippen LogP contribution in [0.2, 0.25) is 0 Å². The summed E-state index contributed by atoms with van der Waals surface area (Å²) in [5.41, 5.74) is 0.622. The standard InChI is InChI=1S/C33H34N2O11/c1-6-17-18-12-16(43-31(41)46-32(3,4)5)8-9-22(18)34-26-19(17)14-35-23(26)13-21-20(27(35)36)15-42-30(40)33(21,7-2)45-29(39)25-11-10-24(44-25)28(37)38/h8-9,12-13,24-25H,6-7,10-11,14-15H2,1-5H3,(H,37,38)/t24?,25?,33-/m0/s1. The van der Waals surface area contributed by atoms with Crippen LogP contribution in [-0.2, 0) is 58.5 Å². The van der Waals surface area contributed by atoms with Gasteiger partial charge in [0.2, 0.25) is 5.60 Å². The van der Waals surface area contributed by atoms with Crippen molar-refractivity contribution in [2.24, 2.45) is 0 Å². The molecule has 0 aliphatic carbocycles. The monoisotopic (exact) mass is 634 g/mol. The van der Waals surface area contributed by atoms with Crippen LogP contribution >= 0.6 is 0 Å². The maximum atomic E-state index is 14.0. The number of ether oxygens (including phenoxy) is 5. The van der Waals surface area contributed by atoms with Gasteiger partial charge in [-0.15, -0.1) is 0 Å². The molecule has 1 N–H and O–H groups in total. The van der Waals surface area contributed by atoms with Gasteiger partial charge in [-0.25, -0.2) is 24.2 Å². The Morgan fingerprint density at radius 1 is 1.09 bits per heavy atom. The molecule has 0 bridgehead atoms. The molecule has 0 radical (unpaired) electrons. The number of carboxylic acid groups (broad SMARTS) is 1. The van der Waals surface area contributed by atoms with Crippen molar-refractivity contribution in [2.45, 2.75) is 96.9 Å². The van der Waals surface area contributed by atoms with Gasteiger partial charge in [0.1, 0.15) is 18.0 Å². The molecule has 6 rings (SSSR count). The molecule has 0 spiro atoms. The molecule has 0 amide bonds. The highest BCUT2D eigenvalue weighted by Crippen LogP contribution is 2.43. The SMILES string of the molecule is CCc1c2c(nc3ccc(OC(=O)OC(C)(C)C)cc13)-c1cc3c(c(=O)n1C2)COC(=O)[C@@]3(CC)OC(=O)C1CCC(C(=O)O)O1. The number of pyridine rings is 2. The van der Waals surface area contributed by atoms with Gasteiger partial charge >= 0.3 is 24.1 Å². The van der Waals surface area contributed by atoms with Gasteiger partial charge in [-0.2, -0.15) is 0 Å². The number of aliphatic carboxylic acids is 1. The number of hydrogen-bond acceptors (Lipinski definition) is 11. The summed E-state index contributed by atoms with van der Waals surface area (Å²) in [7, 11) is 0. The lowest BCUT2D eigenvalue weighted by Crippen LogP contribution is -2.48. The highest BCUT2D eigenvalue weighted by Gasteiger charge is 2.52. The molecular weight excluding hydrogens is 600 g/mol. The summed E-state index contributed by atoms with van der Waals surface area (Å²) in [5, 5.41) is 10.0. The predicted octanol–water partition coefficient (Wildman–Crippen LogP) is 4.14. The second kappa shape index (κ2) is 11.2. The molecular formula is C33H34N2O11. The Labute approximate surface area is 263 Å². The fraction of sp³-hybridized carbons (Fsp3) is 0.455. The molecule has 1 fully saturated rings. The molecule has 242 valence electrons. The summed E-state index contributed by atoms with van der Waals surface area (Å²) in [5.74, 6) is -2.64. The number of rotatable bonds is 6. The van der Waals surface area contributed by atoms with E-state index in [1.54, 1.807) is 56.5 Å². The third-order valence-corrected chi connectivity index (χ3v) is 8.52. The van der Waals surface area contributed by atoms with Gasteiger partial charge in [-0.3, -0.25) is 4.79 Å². The van der Waals surface area contributed by atoms with Crippen molar-refractivity contribution < 1.29 is 48.0 Å². The number of cyclic esters (lactones) is 1. The number of aromatic nitrogens is 2. The largest absolute Gasteiger partial charge is 0.514 e. The first kappa shape index (κ1) is 31.2. The van der Waals surface area contributed by atoms with Crippen LogP contribution < -0.4 is 10.3 Å². The fourth-order valence-corrected chi connectivity index (χ4v) is 6.36. The van der Waals surface area contributed by atoms with E-state index in [2.05, 4.69) is 0 Å². The molecule has 1 aromatic carbocycles. The van der Waals surface area contributed by atoms with Gasteiger partial charge in [-0.05, 0) is 76.3 Å². The Kier molecular flexibility index (Phi) is 7.62. The van der Waals surface area contributed by atoms with Gasteiger partial charge in [0.25, 0.3) is 5.56 Å². The lowest BCUT2D eigenvalue weighted by molar-refractivity contribution is -0.196. The number of aryl methyl sites for hydroxylation is 1. The van der Waals surface area contributed by atoms with Crippen LogP contribution in [0, 0.1) is 0 Å². The number of esters is 2. The number of fused-ring (bicyclic) bond motifs is 5. The topological polar surface area (TPSA) is 170 Å². The van der Waals surface area contributed by atoms with Crippen molar-refractivity contribution in [2.75, 3.05) is 0 Å². The number of carboxylic acids is 1. The molecule has 0 saturated carbocycles. The Morgan fingerprint density at radius 3 is 2.48 bits per heavy atom. The first-order valence-electron chi connectivity index (χ1n) is 15.2. The lowest BCUT2D eigenvalue weighted by Gasteiger charge is -2.36. The molecule has 1 saturated heterocycles. The van der Waals surface area contributed by atoms with Crippen molar-refractivity contribution in [3.8, 4) is 17.1 Å². The van der Waals surface area contributed by atoms with E-state index in [9.17, 15) is 29.1 Å². The second-order valence-electron chi connectivity index (χ2n) is 12.5. The summed E-state index contributed by atoms with van der Waals surface area (Å²) in [6, 6.07) is 6.70. The molecule has 13 nitrogen and oxygen atoms in total. The number of nitrogens with zero attached hydrogens (tertiary/aromatic N) is 2. The molecule has 13 heteroatoms. The zero-order chi connectivity index (χ0) is 33.1. The van der Waals surface area contributed by atoms with E-state index < -0.39 is 53.0 Å². The fourth-order valence-electron chi connectivity index (χ4n) is 6.36. The van der Waals surface area contributed by atoms with Gasteiger partial charge in [0.15, 0.2) is 12.2 Å². The van der Waals surface area contributed by atoms with E-state index in [1.807, 2.05) is 6.92 Å². The highest BCUT2D eigenvalue weighted by molar-refractivity contribution is 5.91. The summed E-state index contributed by atoms with van der Waals surface area (Å²) >= 11 is 0. The first-order chi connectivity index (χ1) is 21.8. The summed E-state index contributed by atoms with van der Waals surface area (Å²) < 4.78 is 28.9. The van der Waals surface area contributed by atoms with Crippen molar-refractivity contribution in [3.05, 3.63) is 56.9 Å². The number of hydrogen-bond donors (Lipinski definition) is 1. The van der Waals surface area contributed by atoms with Crippen molar-refractivity contribution in [3.63, 3.8) is 0 Å². The zero-order valence-corrected chi connectivity index (χ0v) is 26.1. The molecule has 3 aliphatic rings. The van der Waals surface area contributed by atoms with Gasteiger partial charge in [-0.1, -0.05) is 13.8 Å². The van der Waals surface area contributed by atoms with Crippen LogP contribution in [-0.4, -0.2) is 56.5 Å². The maximum absolute atomic E-state index is 14.0. The van der Waals surface area contributed by atoms with E-state index in [1.165, 1.54) is 0 Å². The molecule has 2 unspecified atom stereocenters. The van der Waals surface area contributed by atoms with Crippen LogP contribution in [0.1, 0.15) is 76.1 Å². The lowest BCUT2D eigenvalue weighted by atomic mass is 9.85. The van der Waals surface area contributed by atoms with E-state index in [0.717, 1.165) is 16.5 Å². The van der Waals surface area contributed by atoms with Crippen LogP contribution in [0.15, 0.2) is 29.1 Å². The van der Waals surface area contributed by atoms with Gasteiger partial charge < -0.3 is 33.4 Å². The van der Waals surface area contributed by atoms with E-state index in [0.29, 0.717) is 23.3 Å². The van der Waals surface area contributed by atoms with E-state index >= 15 is 0 Å². The second-order valence-corrected chi connectivity index (χ2v) is 12.5. The number of benzene rings is 1. The Bertz CT molecular complexity index is 1870. The van der Waals surface area contributed by atoms with Crippen molar-refractivity contribution in [1.29, 1.82) is 0 Å². The van der Waals surface area contributed by atoms with Crippen molar-refractivity contribution >= 4 is 35.0 Å². The molecule has 2 aromatic heterocycles. The van der Waals surface area contributed by atoms with Crippen LogP contribution in [0.4, 0.5) is 4.79 Å². The third kappa shape index (κ3) is 5.17. The molecule has 46 heavy (non-hydrogen) atoms. The molecule has 5 heterocycles. The summed E-state index contributed by atoms with van der Waals surface area (Å²) in [4.78, 5) is 69.1. The first-order valence-corrected chi connectivity index (χ1v) is 15.2. The minimum absolute atomic E-state index is 0.0405. The van der Waals surface area contributed by atoms with Crippen LogP contribution in [0.3, 0.4) is 0 Å². The average molecular weight is 635 g/mol. The quantitative estimate of drug-likeness (QED) is 0.183. The molecule has 3 atom stereocenters. The maximum Gasteiger partial charge on any atom is 0.514 e. The summed E-state index contributed by atoms with van der Waals surface area (Å²) in [6.07, 6.45) is -2.39. The zero-order valence-electron chi connectivity index (χ0n) is 26.1. The van der Waals surface area contributed by atoms with Gasteiger partial charge in [0, 0.05) is 16.5 Å². The van der Waals surface area contributed by atoms with Crippen LogP contribution in [0.25, 0.3) is 22.3 Å². The molecule has 3 aliphatic heterocycles. The number of carbonyl (C=O) groups is 4. The average Bonchev–Trinajstić information content (AvgIpc) is 3.63. The van der Waals surface area contributed by atoms with E-state index in [4.69, 9.17) is 28.7 Å². The third-order valence-electron chi connectivity index (χ3n) is 8.52. The summed E-state index contributed by atoms with van der Waals surface area (Å²) in [6.45, 7) is 8.74. The number of carbonyl (C=O) groups excluding carboxylic acids is 3. The normalized spacial score (nSPS) is 21.6. The highest BCUT2D eigenvalue weighted by atomic mass is 16.7. The predicted molar refractivity (Wildman–Crippen MR) is 160 cm³/mol. The smallest absolute Gasteiger partial charge is 0.479 e. The Balaban J connectivity index is 1.41. The Morgan fingerprint density at radius 2 is 1.83 bits per heavy atom. The van der Waals surface area contributed by atoms with Gasteiger partial charge in [0.05, 0.1) is 29.0 Å². The minimum atomic E-state index is -1.94. The van der Waals surface area contributed by atoms with Crippen LogP contribution in [0.5, 0.6) is 5.75 Å². The Hall–Kier alpha value is -4.78. The van der Waals surface area contributed by atoms with E-state index in [-0.39, 0.29) is 49.3 Å². The minimum Gasteiger partial charge on any atom is -0.479 e. The molecule has 3 aromatic rings.